The maximum Gasteiger partial charge on any atom is 0.305 e. The molecule has 17 heavy (non-hydrogen) atoms. The number of benzene rings is 1. The van der Waals surface area contributed by atoms with E-state index < -0.39 is 12.0 Å². The highest BCUT2D eigenvalue weighted by Gasteiger charge is 2.24. The molecule has 1 aromatic carbocycles. The van der Waals surface area contributed by atoms with Gasteiger partial charge in [-0.2, -0.15) is 0 Å². The molecule has 0 amide bonds. The van der Waals surface area contributed by atoms with E-state index in [1.807, 2.05) is 12.1 Å². The Kier molecular flexibility index (Phi) is 3.31. The average molecular weight is 237 g/mol. The van der Waals surface area contributed by atoms with Gasteiger partial charge in [-0.15, -0.1) is 0 Å². The minimum atomic E-state index is -0.920. The van der Waals surface area contributed by atoms with Gasteiger partial charge in [-0.25, -0.2) is 0 Å². The molecule has 2 rings (SSSR count). The minimum absolute atomic E-state index is 0.118. The van der Waals surface area contributed by atoms with Crippen LogP contribution in [0.3, 0.4) is 0 Å². The molecule has 1 aliphatic heterocycles. The fourth-order valence-corrected chi connectivity index (χ4v) is 2.13. The Morgan fingerprint density at radius 2 is 2.35 bits per heavy atom. The number of hydrogen-bond acceptors (Lipinski definition) is 4. The largest absolute Gasteiger partial charge is 0.496 e. The van der Waals surface area contributed by atoms with E-state index in [0.717, 1.165) is 16.7 Å². The summed E-state index contributed by atoms with van der Waals surface area (Å²) in [6.07, 6.45) is -0.118. The summed E-state index contributed by atoms with van der Waals surface area (Å²) in [7, 11) is 1.55. The number of carboxylic acids is 1. The van der Waals surface area contributed by atoms with Crippen molar-refractivity contribution in [1.29, 1.82) is 0 Å². The van der Waals surface area contributed by atoms with Gasteiger partial charge in [0, 0.05) is 11.6 Å². The van der Waals surface area contributed by atoms with Crippen molar-refractivity contribution in [3.8, 4) is 5.75 Å². The van der Waals surface area contributed by atoms with Crippen LogP contribution in [0.2, 0.25) is 0 Å². The van der Waals surface area contributed by atoms with Crippen molar-refractivity contribution in [1.82, 2.24) is 0 Å². The topological polar surface area (TPSA) is 81.8 Å². The highest BCUT2D eigenvalue weighted by molar-refractivity contribution is 5.68. The van der Waals surface area contributed by atoms with Crippen molar-refractivity contribution in [3.63, 3.8) is 0 Å². The zero-order valence-corrected chi connectivity index (χ0v) is 9.60. The SMILES string of the molecule is COc1ccc2c(c1C(N)CC(=O)O)COC2. The van der Waals surface area contributed by atoms with Crippen LogP contribution in [0.25, 0.3) is 0 Å². The van der Waals surface area contributed by atoms with E-state index in [2.05, 4.69) is 0 Å². The Hall–Kier alpha value is -1.59. The molecule has 0 bridgehead atoms. The van der Waals surface area contributed by atoms with Crippen molar-refractivity contribution >= 4 is 5.97 Å². The van der Waals surface area contributed by atoms with Gasteiger partial charge in [0.05, 0.1) is 26.7 Å². The number of ether oxygens (including phenoxy) is 2. The Morgan fingerprint density at radius 3 is 3.00 bits per heavy atom. The summed E-state index contributed by atoms with van der Waals surface area (Å²) < 4.78 is 10.6. The first-order chi connectivity index (χ1) is 8.13. The van der Waals surface area contributed by atoms with E-state index in [0.29, 0.717) is 19.0 Å². The predicted octanol–water partition coefficient (Wildman–Crippen LogP) is 1.20. The highest BCUT2D eigenvalue weighted by atomic mass is 16.5. The van der Waals surface area contributed by atoms with Crippen molar-refractivity contribution in [2.45, 2.75) is 25.7 Å². The quantitative estimate of drug-likeness (QED) is 0.822. The number of hydrogen-bond donors (Lipinski definition) is 2. The number of carbonyl (C=O) groups is 1. The van der Waals surface area contributed by atoms with E-state index in [1.165, 1.54) is 0 Å². The van der Waals surface area contributed by atoms with Crippen LogP contribution >= 0.6 is 0 Å². The summed E-state index contributed by atoms with van der Waals surface area (Å²) >= 11 is 0. The molecule has 1 atom stereocenters. The lowest BCUT2D eigenvalue weighted by Crippen LogP contribution is -2.18. The van der Waals surface area contributed by atoms with Gasteiger partial charge < -0.3 is 20.3 Å². The number of nitrogens with two attached hydrogens (primary N) is 1. The van der Waals surface area contributed by atoms with E-state index in [9.17, 15) is 4.79 Å². The lowest BCUT2D eigenvalue weighted by atomic mass is 9.95. The van der Waals surface area contributed by atoms with E-state index in [-0.39, 0.29) is 6.42 Å². The smallest absolute Gasteiger partial charge is 0.305 e. The second-order valence-corrected chi connectivity index (χ2v) is 4.02. The van der Waals surface area contributed by atoms with Gasteiger partial charge in [-0.05, 0) is 17.2 Å². The Morgan fingerprint density at radius 1 is 1.59 bits per heavy atom. The van der Waals surface area contributed by atoms with Gasteiger partial charge in [0.2, 0.25) is 0 Å². The van der Waals surface area contributed by atoms with Crippen LogP contribution < -0.4 is 10.5 Å². The Balaban J connectivity index is 2.42. The summed E-state index contributed by atoms with van der Waals surface area (Å²) in [6.45, 7) is 1.02. The molecule has 5 heteroatoms. The second kappa shape index (κ2) is 4.73. The van der Waals surface area contributed by atoms with Gasteiger partial charge in [-0.1, -0.05) is 6.07 Å². The number of methoxy groups -OCH3 is 1. The van der Waals surface area contributed by atoms with E-state index >= 15 is 0 Å². The number of aliphatic carboxylic acids is 1. The standard InChI is InChI=1S/C12H15NO4/c1-16-10-3-2-7-5-17-6-8(7)12(10)9(13)4-11(14)15/h2-3,9H,4-6,13H2,1H3,(H,14,15). The molecule has 0 aliphatic carbocycles. The first-order valence-electron chi connectivity index (χ1n) is 5.37. The van der Waals surface area contributed by atoms with Gasteiger partial charge >= 0.3 is 5.97 Å². The molecule has 0 fully saturated rings. The fraction of sp³-hybridized carbons (Fsp3) is 0.417. The van der Waals surface area contributed by atoms with Crippen LogP contribution in [-0.4, -0.2) is 18.2 Å². The van der Waals surface area contributed by atoms with E-state index in [1.54, 1.807) is 7.11 Å². The van der Waals surface area contributed by atoms with E-state index in [4.69, 9.17) is 20.3 Å². The van der Waals surface area contributed by atoms with Crippen LogP contribution in [0.15, 0.2) is 12.1 Å². The van der Waals surface area contributed by atoms with Gasteiger partial charge in [0.1, 0.15) is 5.75 Å². The van der Waals surface area contributed by atoms with Gasteiger partial charge in [0.15, 0.2) is 0 Å². The zero-order valence-electron chi connectivity index (χ0n) is 9.60. The first-order valence-corrected chi connectivity index (χ1v) is 5.37. The third-order valence-corrected chi connectivity index (χ3v) is 2.90. The zero-order chi connectivity index (χ0) is 12.4. The molecule has 3 N–H and O–H groups in total. The van der Waals surface area contributed by atoms with Crippen molar-refractivity contribution in [2.24, 2.45) is 5.73 Å². The molecule has 1 aliphatic rings. The van der Waals surface area contributed by atoms with Crippen molar-refractivity contribution < 1.29 is 19.4 Å². The molecule has 0 saturated heterocycles. The summed E-state index contributed by atoms with van der Waals surface area (Å²) in [4.78, 5) is 10.7. The molecule has 5 nitrogen and oxygen atoms in total. The summed E-state index contributed by atoms with van der Waals surface area (Å²) in [6, 6.07) is 3.17. The molecule has 0 saturated carbocycles. The normalized spacial score (nSPS) is 15.4. The van der Waals surface area contributed by atoms with Gasteiger partial charge in [0.25, 0.3) is 0 Å². The second-order valence-electron chi connectivity index (χ2n) is 4.02. The number of carboxylic acid groups (broad SMARTS) is 1. The molecule has 1 unspecified atom stereocenters. The lowest BCUT2D eigenvalue weighted by Gasteiger charge is -2.17. The minimum Gasteiger partial charge on any atom is -0.496 e. The highest BCUT2D eigenvalue weighted by Crippen LogP contribution is 2.35. The third kappa shape index (κ3) is 2.25. The van der Waals surface area contributed by atoms with Crippen LogP contribution in [0, 0.1) is 0 Å². The predicted molar refractivity (Wildman–Crippen MR) is 60.7 cm³/mol. The molecule has 92 valence electrons. The van der Waals surface area contributed by atoms with Crippen molar-refractivity contribution in [2.75, 3.05) is 7.11 Å². The van der Waals surface area contributed by atoms with Crippen LogP contribution in [0.1, 0.15) is 29.2 Å². The number of fused-ring (bicyclic) bond motifs is 1. The molecule has 1 aromatic rings. The number of rotatable bonds is 4. The lowest BCUT2D eigenvalue weighted by molar-refractivity contribution is -0.137. The van der Waals surface area contributed by atoms with Crippen LogP contribution in [-0.2, 0) is 22.7 Å². The van der Waals surface area contributed by atoms with Crippen LogP contribution in [0.4, 0.5) is 0 Å². The molecule has 0 radical (unpaired) electrons. The van der Waals surface area contributed by atoms with Crippen LogP contribution in [0.5, 0.6) is 5.75 Å². The Bertz CT molecular complexity index is 444. The van der Waals surface area contributed by atoms with Gasteiger partial charge in [-0.3, -0.25) is 4.79 Å². The first kappa shape index (κ1) is 11.9. The monoisotopic (exact) mass is 237 g/mol. The summed E-state index contributed by atoms with van der Waals surface area (Å²) in [5.41, 5.74) is 8.71. The molecule has 0 spiro atoms. The maximum absolute atomic E-state index is 10.7. The van der Waals surface area contributed by atoms with Crippen molar-refractivity contribution in [3.05, 3.63) is 28.8 Å². The molecular weight excluding hydrogens is 222 g/mol. The Labute approximate surface area is 99.1 Å². The molecular formula is C12H15NO4. The summed E-state index contributed by atoms with van der Waals surface area (Å²) in [5.74, 6) is -0.293. The summed E-state index contributed by atoms with van der Waals surface area (Å²) in [5, 5.41) is 8.81. The maximum atomic E-state index is 10.7. The average Bonchev–Trinajstić information content (AvgIpc) is 2.74. The fourth-order valence-electron chi connectivity index (χ4n) is 2.13. The third-order valence-electron chi connectivity index (χ3n) is 2.90. The molecule has 0 aromatic heterocycles. The molecule has 1 heterocycles.